The maximum Gasteiger partial charge on any atom is 0.257 e. The highest BCUT2D eigenvalue weighted by molar-refractivity contribution is 6.23. The number of carbonyl (C=O) groups is 3. The summed E-state index contributed by atoms with van der Waals surface area (Å²) in [5.74, 6) is -0.449. The van der Waals surface area contributed by atoms with Crippen molar-refractivity contribution in [3.05, 3.63) is 65.9 Å². The molecule has 31 heavy (non-hydrogen) atoms. The van der Waals surface area contributed by atoms with Crippen molar-refractivity contribution >= 4 is 34.3 Å². The molecule has 1 aliphatic rings. The number of hydrogen-bond acceptors (Lipinski definition) is 3. The third kappa shape index (κ3) is 3.98. The molecule has 0 radical (unpaired) electrons. The molecule has 4 rings (SSSR count). The first-order valence-corrected chi connectivity index (χ1v) is 10.7. The van der Waals surface area contributed by atoms with Gasteiger partial charge in [0.2, 0.25) is 11.8 Å². The van der Waals surface area contributed by atoms with Crippen LogP contribution in [-0.4, -0.2) is 40.2 Å². The van der Waals surface area contributed by atoms with E-state index < -0.39 is 6.04 Å². The van der Waals surface area contributed by atoms with Gasteiger partial charge in [-0.15, -0.1) is 0 Å². The number of aromatic nitrogens is 1. The molecule has 1 atom stereocenters. The summed E-state index contributed by atoms with van der Waals surface area (Å²) in [7, 11) is 0. The average molecular weight is 418 g/mol. The lowest BCUT2D eigenvalue weighted by Crippen LogP contribution is -2.45. The molecule has 0 spiro atoms. The summed E-state index contributed by atoms with van der Waals surface area (Å²) in [6.45, 7) is 6.01. The Bertz CT molecular complexity index is 1130. The Balaban J connectivity index is 1.52. The summed E-state index contributed by atoms with van der Waals surface area (Å²) in [6.07, 6.45) is 2.55. The van der Waals surface area contributed by atoms with E-state index in [1.807, 2.05) is 42.6 Å². The van der Waals surface area contributed by atoms with Gasteiger partial charge in [-0.25, -0.2) is 4.90 Å². The molecular formula is C25H27N3O3. The number of fused-ring (bicyclic) bond motifs is 1. The maximum absolute atomic E-state index is 13.2. The Labute approximate surface area is 181 Å². The Hall–Kier alpha value is -3.41. The van der Waals surface area contributed by atoms with Crippen LogP contribution in [0.15, 0.2) is 54.7 Å². The molecule has 0 aliphatic carbocycles. The van der Waals surface area contributed by atoms with Gasteiger partial charge in [0.15, 0.2) is 0 Å². The number of imide groups is 1. The van der Waals surface area contributed by atoms with Crippen molar-refractivity contribution in [2.24, 2.45) is 0 Å². The summed E-state index contributed by atoms with van der Waals surface area (Å²) in [6, 6.07) is 14.7. The average Bonchev–Trinajstić information content (AvgIpc) is 3.29. The molecule has 1 saturated heterocycles. The minimum Gasteiger partial charge on any atom is -0.361 e. The molecule has 0 bridgehead atoms. The van der Waals surface area contributed by atoms with E-state index in [-0.39, 0.29) is 24.1 Å². The van der Waals surface area contributed by atoms with Crippen LogP contribution in [0.4, 0.5) is 5.69 Å². The van der Waals surface area contributed by atoms with E-state index in [1.54, 1.807) is 12.1 Å². The normalized spacial score (nSPS) is 16.5. The van der Waals surface area contributed by atoms with Crippen LogP contribution in [0.25, 0.3) is 10.9 Å². The number of carbonyl (C=O) groups excluding carboxylic acids is 3. The van der Waals surface area contributed by atoms with Gasteiger partial charge >= 0.3 is 0 Å². The topological polar surface area (TPSA) is 73.5 Å². The van der Waals surface area contributed by atoms with Crippen molar-refractivity contribution in [2.45, 2.75) is 45.6 Å². The quantitative estimate of drug-likeness (QED) is 0.616. The van der Waals surface area contributed by atoms with Gasteiger partial charge in [-0.1, -0.05) is 44.2 Å². The minimum absolute atomic E-state index is 0.0121. The summed E-state index contributed by atoms with van der Waals surface area (Å²) >= 11 is 0. The third-order valence-electron chi connectivity index (χ3n) is 6.02. The zero-order valence-electron chi connectivity index (χ0n) is 18.1. The van der Waals surface area contributed by atoms with Crippen LogP contribution in [0, 0.1) is 0 Å². The van der Waals surface area contributed by atoms with Gasteiger partial charge in [0, 0.05) is 30.6 Å². The number of para-hydroxylation sites is 1. The van der Waals surface area contributed by atoms with E-state index in [9.17, 15) is 14.4 Å². The molecule has 3 aromatic rings. The smallest absolute Gasteiger partial charge is 0.257 e. The summed E-state index contributed by atoms with van der Waals surface area (Å²) in [5, 5.41) is 1.10. The van der Waals surface area contributed by atoms with Crippen LogP contribution in [0.3, 0.4) is 0 Å². The highest BCUT2D eigenvalue weighted by Crippen LogP contribution is 2.28. The Morgan fingerprint density at radius 3 is 2.52 bits per heavy atom. The minimum atomic E-state index is -0.764. The number of anilines is 1. The number of nitrogens with one attached hydrogen (secondary N) is 1. The monoisotopic (exact) mass is 417 g/mol. The fourth-order valence-electron chi connectivity index (χ4n) is 4.25. The first-order valence-electron chi connectivity index (χ1n) is 10.7. The number of amides is 3. The van der Waals surface area contributed by atoms with Crippen LogP contribution in [0.1, 0.15) is 44.2 Å². The van der Waals surface area contributed by atoms with E-state index >= 15 is 0 Å². The largest absolute Gasteiger partial charge is 0.361 e. The van der Waals surface area contributed by atoms with E-state index in [2.05, 4.69) is 18.8 Å². The van der Waals surface area contributed by atoms with Gasteiger partial charge < -0.3 is 9.88 Å². The predicted molar refractivity (Wildman–Crippen MR) is 121 cm³/mol. The van der Waals surface area contributed by atoms with Gasteiger partial charge in [0.1, 0.15) is 6.04 Å². The molecule has 1 aliphatic heterocycles. The maximum atomic E-state index is 13.2. The molecule has 160 valence electrons. The number of nitrogens with zero attached hydrogens (tertiary/aromatic N) is 2. The molecule has 1 unspecified atom stereocenters. The zero-order valence-corrected chi connectivity index (χ0v) is 18.1. The van der Waals surface area contributed by atoms with Crippen LogP contribution in [0.5, 0.6) is 0 Å². The van der Waals surface area contributed by atoms with Crippen LogP contribution < -0.4 is 4.90 Å². The molecule has 2 heterocycles. The van der Waals surface area contributed by atoms with Gasteiger partial charge in [-0.2, -0.15) is 0 Å². The lowest BCUT2D eigenvalue weighted by Gasteiger charge is -2.26. The fourth-order valence-corrected chi connectivity index (χ4v) is 4.25. The van der Waals surface area contributed by atoms with Crippen molar-refractivity contribution in [1.29, 1.82) is 0 Å². The Morgan fingerprint density at radius 2 is 1.84 bits per heavy atom. The molecule has 3 amide bonds. The molecule has 0 saturated carbocycles. The highest BCUT2D eigenvalue weighted by Gasteiger charge is 2.43. The second-order valence-corrected chi connectivity index (χ2v) is 8.36. The molecule has 2 aromatic carbocycles. The fraction of sp³-hybridized carbons (Fsp3) is 0.320. The van der Waals surface area contributed by atoms with Gasteiger partial charge in [-0.05, 0) is 41.7 Å². The second kappa shape index (κ2) is 8.38. The second-order valence-electron chi connectivity index (χ2n) is 8.36. The number of aromatic amines is 1. The van der Waals surface area contributed by atoms with Crippen molar-refractivity contribution in [3.63, 3.8) is 0 Å². The van der Waals surface area contributed by atoms with Crippen LogP contribution >= 0.6 is 0 Å². The number of benzene rings is 2. The Kier molecular flexibility index (Phi) is 5.63. The third-order valence-corrected chi connectivity index (χ3v) is 6.02. The molecule has 6 nitrogen and oxygen atoms in total. The van der Waals surface area contributed by atoms with Crippen molar-refractivity contribution < 1.29 is 14.4 Å². The number of hydrogen-bond donors (Lipinski definition) is 1. The van der Waals surface area contributed by atoms with Gasteiger partial charge in [-0.3, -0.25) is 14.4 Å². The lowest BCUT2D eigenvalue weighted by molar-refractivity contribution is -0.136. The van der Waals surface area contributed by atoms with Crippen molar-refractivity contribution in [2.75, 3.05) is 11.4 Å². The van der Waals surface area contributed by atoms with Gasteiger partial charge in [0.05, 0.1) is 12.1 Å². The summed E-state index contributed by atoms with van der Waals surface area (Å²) in [5.41, 5.74) is 3.82. The molecule has 1 fully saturated rings. The summed E-state index contributed by atoms with van der Waals surface area (Å²) in [4.78, 5) is 44.3. The number of rotatable bonds is 6. The molecule has 6 heteroatoms. The lowest BCUT2D eigenvalue weighted by atomic mass is 10.0. The van der Waals surface area contributed by atoms with E-state index in [0.717, 1.165) is 22.0 Å². The molecule has 1 N–H and O–H groups in total. The van der Waals surface area contributed by atoms with Crippen LogP contribution in [-0.2, 0) is 20.8 Å². The van der Waals surface area contributed by atoms with E-state index in [4.69, 9.17) is 0 Å². The van der Waals surface area contributed by atoms with Crippen LogP contribution in [0.2, 0.25) is 0 Å². The van der Waals surface area contributed by atoms with Crippen molar-refractivity contribution in [1.82, 2.24) is 9.88 Å². The first-order chi connectivity index (χ1) is 14.9. The molecular weight excluding hydrogens is 390 g/mol. The zero-order chi connectivity index (χ0) is 22.1. The summed E-state index contributed by atoms with van der Waals surface area (Å²) < 4.78 is 0. The predicted octanol–water partition coefficient (Wildman–Crippen LogP) is 4.01. The number of H-pyrrole nitrogens is 1. The van der Waals surface area contributed by atoms with Crippen molar-refractivity contribution in [3.8, 4) is 0 Å². The first kappa shape index (κ1) is 20.8. The van der Waals surface area contributed by atoms with E-state index in [0.29, 0.717) is 24.6 Å². The SMILES string of the molecule is CC(=O)N(CCc1c[nH]c2ccccc12)C1CC(=O)N(c2ccc(C(C)C)cc2)C1=O. The van der Waals surface area contributed by atoms with E-state index in [1.165, 1.54) is 16.7 Å². The highest BCUT2D eigenvalue weighted by atomic mass is 16.2. The molecule has 1 aromatic heterocycles. The van der Waals surface area contributed by atoms with Gasteiger partial charge in [0.25, 0.3) is 5.91 Å². The Morgan fingerprint density at radius 1 is 1.13 bits per heavy atom. The standard InChI is InChI=1S/C25H27N3O3/c1-16(2)18-8-10-20(11-9-18)28-24(30)14-23(25(28)31)27(17(3)29)13-12-19-15-26-22-7-5-4-6-21(19)22/h4-11,15-16,23,26H,12-14H2,1-3H3.